The van der Waals surface area contributed by atoms with Gasteiger partial charge in [0.25, 0.3) is 0 Å². The molecule has 0 aromatic carbocycles. The van der Waals surface area contributed by atoms with Gasteiger partial charge < -0.3 is 4.74 Å². The summed E-state index contributed by atoms with van der Waals surface area (Å²) in [5.41, 5.74) is 1.00. The molecule has 3 rings (SSSR count). The van der Waals surface area contributed by atoms with Crippen molar-refractivity contribution in [3.05, 3.63) is 29.7 Å². The summed E-state index contributed by atoms with van der Waals surface area (Å²) in [5, 5.41) is 6.76. The van der Waals surface area contributed by atoms with Crippen LogP contribution in [0.3, 0.4) is 0 Å². The van der Waals surface area contributed by atoms with E-state index in [2.05, 4.69) is 26.0 Å². The first-order valence-corrected chi connectivity index (χ1v) is 6.95. The molecule has 0 N–H and O–H groups in total. The molecule has 0 aliphatic carbocycles. The monoisotopic (exact) mass is 312 g/mol. The van der Waals surface area contributed by atoms with Gasteiger partial charge in [-0.3, -0.25) is 9.08 Å². The molecule has 0 bridgehead atoms. The van der Waals surface area contributed by atoms with E-state index in [1.165, 1.54) is 0 Å². The Labute approximate surface area is 110 Å². The Kier molecular flexibility index (Phi) is 2.64. The third kappa shape index (κ3) is 1.85. The van der Waals surface area contributed by atoms with Gasteiger partial charge in [-0.15, -0.1) is 11.3 Å². The van der Waals surface area contributed by atoms with Crippen molar-refractivity contribution in [3.8, 4) is 11.6 Å². The van der Waals surface area contributed by atoms with E-state index in [1.54, 1.807) is 22.2 Å². The smallest absolute Gasteiger partial charge is 0.243 e. The topological polar surface area (TPSA) is 44.4 Å². The molecular formula is C10H9BrN4OS. The fourth-order valence-electron chi connectivity index (χ4n) is 1.58. The minimum Gasteiger partial charge on any atom is -0.434 e. The average Bonchev–Trinajstić information content (AvgIpc) is 2.95. The molecule has 0 aliphatic rings. The number of nitrogens with zero attached hydrogens (tertiary/aromatic N) is 4. The Morgan fingerprint density at radius 2 is 2.41 bits per heavy atom. The Morgan fingerprint density at radius 1 is 1.53 bits per heavy atom. The largest absolute Gasteiger partial charge is 0.434 e. The third-order valence-electron chi connectivity index (χ3n) is 2.35. The second-order valence-electron chi connectivity index (χ2n) is 3.50. The average molecular weight is 313 g/mol. The van der Waals surface area contributed by atoms with E-state index in [4.69, 9.17) is 4.74 Å². The van der Waals surface area contributed by atoms with Crippen molar-refractivity contribution in [2.24, 2.45) is 7.05 Å². The van der Waals surface area contributed by atoms with Gasteiger partial charge in [0.15, 0.2) is 10.7 Å². The normalized spacial score (nSPS) is 11.2. The van der Waals surface area contributed by atoms with Gasteiger partial charge in [0.05, 0.1) is 18.1 Å². The fraction of sp³-hybridized carbons (Fsp3) is 0.200. The second-order valence-corrected chi connectivity index (χ2v) is 4.94. The van der Waals surface area contributed by atoms with Crippen LogP contribution in [0, 0.1) is 0 Å². The number of rotatable bonds is 3. The number of alkyl halides is 1. The number of imidazole rings is 1. The minimum atomic E-state index is 0.627. The predicted molar refractivity (Wildman–Crippen MR) is 69.0 cm³/mol. The zero-order valence-corrected chi connectivity index (χ0v) is 11.4. The lowest BCUT2D eigenvalue weighted by atomic mass is 10.5. The summed E-state index contributed by atoms with van der Waals surface area (Å²) in [6, 6.07) is 0. The van der Waals surface area contributed by atoms with Gasteiger partial charge in [-0.1, -0.05) is 15.9 Å². The molecule has 0 radical (unpaired) electrons. The van der Waals surface area contributed by atoms with Gasteiger partial charge >= 0.3 is 0 Å². The molecule has 3 aromatic rings. The van der Waals surface area contributed by atoms with Crippen LogP contribution >= 0.6 is 27.3 Å². The summed E-state index contributed by atoms with van der Waals surface area (Å²) in [6.07, 6.45) is 5.47. The van der Waals surface area contributed by atoms with Gasteiger partial charge in [0.2, 0.25) is 5.88 Å². The second kappa shape index (κ2) is 4.15. The van der Waals surface area contributed by atoms with Crippen LogP contribution in [0.5, 0.6) is 11.6 Å². The lowest BCUT2D eigenvalue weighted by Gasteiger charge is -2.00. The van der Waals surface area contributed by atoms with Crippen molar-refractivity contribution in [2.45, 2.75) is 5.33 Å². The van der Waals surface area contributed by atoms with Crippen LogP contribution in [0.15, 0.2) is 24.0 Å². The molecule has 88 valence electrons. The summed E-state index contributed by atoms with van der Waals surface area (Å²) in [5.74, 6) is 1.32. The number of fused-ring (bicyclic) bond motifs is 1. The number of aryl methyl sites for hydroxylation is 1. The van der Waals surface area contributed by atoms with E-state index < -0.39 is 0 Å². The summed E-state index contributed by atoms with van der Waals surface area (Å²) in [7, 11) is 1.85. The van der Waals surface area contributed by atoms with Crippen LogP contribution in [0.1, 0.15) is 5.69 Å². The van der Waals surface area contributed by atoms with E-state index in [1.807, 2.05) is 29.2 Å². The van der Waals surface area contributed by atoms with Gasteiger partial charge in [-0.2, -0.15) is 10.1 Å². The lowest BCUT2D eigenvalue weighted by molar-refractivity contribution is 0.461. The van der Waals surface area contributed by atoms with E-state index in [0.717, 1.165) is 10.7 Å². The van der Waals surface area contributed by atoms with Gasteiger partial charge in [0.1, 0.15) is 0 Å². The SMILES string of the molecule is Cn1cc(Oc2nc3sccn3c2CBr)cn1. The predicted octanol–water partition coefficient (Wildman–Crippen LogP) is 2.82. The first kappa shape index (κ1) is 10.8. The van der Waals surface area contributed by atoms with Gasteiger partial charge in [0, 0.05) is 24.0 Å². The highest BCUT2D eigenvalue weighted by Crippen LogP contribution is 2.28. The standard InChI is InChI=1S/C10H9BrN4OS/c1-14-6-7(5-12-14)16-9-8(4-11)15-2-3-17-10(15)13-9/h2-3,5-6H,4H2,1H3. The van der Waals surface area contributed by atoms with E-state index in [0.29, 0.717) is 17.0 Å². The maximum absolute atomic E-state index is 5.73. The molecule has 3 heterocycles. The molecule has 0 saturated carbocycles. The molecule has 0 amide bonds. The molecule has 0 spiro atoms. The highest BCUT2D eigenvalue weighted by atomic mass is 79.9. The van der Waals surface area contributed by atoms with Crippen molar-refractivity contribution in [1.29, 1.82) is 0 Å². The van der Waals surface area contributed by atoms with Crippen LogP contribution in [-0.4, -0.2) is 19.2 Å². The first-order valence-electron chi connectivity index (χ1n) is 4.95. The molecule has 0 fully saturated rings. The molecule has 0 unspecified atom stereocenters. The minimum absolute atomic E-state index is 0.627. The Bertz CT molecular complexity index is 656. The van der Waals surface area contributed by atoms with Gasteiger partial charge in [-0.05, 0) is 0 Å². The summed E-state index contributed by atoms with van der Waals surface area (Å²) >= 11 is 5.04. The number of hydrogen-bond acceptors (Lipinski definition) is 4. The molecule has 0 aliphatic heterocycles. The first-order chi connectivity index (χ1) is 8.28. The third-order valence-corrected chi connectivity index (χ3v) is 3.63. The van der Waals surface area contributed by atoms with Gasteiger partial charge in [-0.25, -0.2) is 0 Å². The fourth-order valence-corrected chi connectivity index (χ4v) is 2.81. The van der Waals surface area contributed by atoms with E-state index in [-0.39, 0.29) is 0 Å². The van der Waals surface area contributed by atoms with E-state index >= 15 is 0 Å². The van der Waals surface area contributed by atoms with Crippen LogP contribution in [0.25, 0.3) is 4.96 Å². The maximum Gasteiger partial charge on any atom is 0.243 e. The van der Waals surface area contributed by atoms with Crippen molar-refractivity contribution in [3.63, 3.8) is 0 Å². The molecule has 0 saturated heterocycles. The molecule has 17 heavy (non-hydrogen) atoms. The number of halogens is 1. The molecule has 0 atom stereocenters. The number of ether oxygens (including phenoxy) is 1. The van der Waals surface area contributed by atoms with Crippen molar-refractivity contribution >= 4 is 32.2 Å². The van der Waals surface area contributed by atoms with Crippen LogP contribution in [0.4, 0.5) is 0 Å². The Morgan fingerprint density at radius 3 is 3.12 bits per heavy atom. The Balaban J connectivity index is 2.01. The molecule has 5 nitrogen and oxygen atoms in total. The number of aromatic nitrogens is 4. The van der Waals surface area contributed by atoms with Crippen LogP contribution in [-0.2, 0) is 12.4 Å². The number of hydrogen-bond donors (Lipinski definition) is 0. The Hall–Kier alpha value is -1.34. The van der Waals surface area contributed by atoms with E-state index in [9.17, 15) is 0 Å². The summed E-state index contributed by atoms with van der Waals surface area (Å²) < 4.78 is 9.44. The van der Waals surface area contributed by atoms with Crippen molar-refractivity contribution < 1.29 is 4.74 Å². The summed E-state index contributed by atoms with van der Waals surface area (Å²) in [4.78, 5) is 5.37. The van der Waals surface area contributed by atoms with Crippen molar-refractivity contribution in [2.75, 3.05) is 0 Å². The zero-order valence-electron chi connectivity index (χ0n) is 9.00. The quantitative estimate of drug-likeness (QED) is 0.699. The highest BCUT2D eigenvalue weighted by Gasteiger charge is 2.14. The molecular weight excluding hydrogens is 304 g/mol. The maximum atomic E-state index is 5.73. The number of thiazole rings is 1. The van der Waals surface area contributed by atoms with Crippen molar-refractivity contribution in [1.82, 2.24) is 19.2 Å². The molecule has 3 aromatic heterocycles. The van der Waals surface area contributed by atoms with Crippen LogP contribution < -0.4 is 4.74 Å². The van der Waals surface area contributed by atoms with Crippen LogP contribution in [0.2, 0.25) is 0 Å². The highest BCUT2D eigenvalue weighted by molar-refractivity contribution is 9.08. The summed E-state index contributed by atoms with van der Waals surface area (Å²) in [6.45, 7) is 0. The lowest BCUT2D eigenvalue weighted by Crippen LogP contribution is -1.90. The molecule has 7 heteroatoms. The zero-order chi connectivity index (χ0) is 11.8.